The van der Waals surface area contributed by atoms with Crippen molar-refractivity contribution >= 4 is 6.09 Å². The molecule has 1 aliphatic heterocycles. The molecule has 23 heavy (non-hydrogen) atoms. The van der Waals surface area contributed by atoms with Crippen molar-refractivity contribution in [1.29, 1.82) is 0 Å². The standard InChI is InChI=1S/C17H27N3O3/c1-12-8-9-13(20(12)15(21)23-16(2,3)4)11-17(5,22)14-7-6-10-18-19-14/h6-7,10,12-13,22H,8-9,11H2,1-5H3. The SMILES string of the molecule is CC1CCC(CC(C)(O)c2cccnn2)N1C(=O)OC(C)(C)C. The fourth-order valence-electron chi connectivity index (χ4n) is 3.07. The largest absolute Gasteiger partial charge is 0.444 e. The van der Waals surface area contributed by atoms with Crippen LogP contribution in [0.3, 0.4) is 0 Å². The van der Waals surface area contributed by atoms with Crippen LogP contribution >= 0.6 is 0 Å². The van der Waals surface area contributed by atoms with Gasteiger partial charge in [0.1, 0.15) is 11.2 Å². The number of likely N-dealkylation sites (tertiary alicyclic amines) is 1. The van der Waals surface area contributed by atoms with Crippen molar-refractivity contribution in [2.75, 3.05) is 0 Å². The fourth-order valence-corrected chi connectivity index (χ4v) is 3.07. The van der Waals surface area contributed by atoms with Gasteiger partial charge in [-0.05, 0) is 59.6 Å². The third-order valence-electron chi connectivity index (χ3n) is 4.15. The Kier molecular flexibility index (Phi) is 4.94. The van der Waals surface area contributed by atoms with Gasteiger partial charge >= 0.3 is 6.09 Å². The van der Waals surface area contributed by atoms with Crippen LogP contribution in [0.15, 0.2) is 18.3 Å². The van der Waals surface area contributed by atoms with Crippen LogP contribution < -0.4 is 0 Å². The second kappa shape index (κ2) is 6.43. The Labute approximate surface area is 137 Å². The van der Waals surface area contributed by atoms with E-state index in [4.69, 9.17) is 4.74 Å². The summed E-state index contributed by atoms with van der Waals surface area (Å²) in [5, 5.41) is 18.6. The molecule has 2 rings (SSSR count). The number of hydrogen-bond acceptors (Lipinski definition) is 5. The van der Waals surface area contributed by atoms with Gasteiger partial charge in [0.05, 0.1) is 5.69 Å². The minimum Gasteiger partial charge on any atom is -0.444 e. The number of ether oxygens (including phenoxy) is 1. The fraction of sp³-hybridized carbons (Fsp3) is 0.706. The van der Waals surface area contributed by atoms with Gasteiger partial charge in [-0.1, -0.05) is 0 Å². The molecule has 6 nitrogen and oxygen atoms in total. The average molecular weight is 321 g/mol. The Bertz CT molecular complexity index is 540. The molecule has 1 saturated heterocycles. The molecular formula is C17H27N3O3. The molecule has 1 aromatic rings. The van der Waals surface area contributed by atoms with Crippen molar-refractivity contribution in [3.63, 3.8) is 0 Å². The molecule has 3 unspecified atom stereocenters. The number of aliphatic hydroxyl groups is 1. The quantitative estimate of drug-likeness (QED) is 0.926. The van der Waals surface area contributed by atoms with Crippen LogP contribution in [0.5, 0.6) is 0 Å². The van der Waals surface area contributed by atoms with Crippen LogP contribution in [-0.4, -0.2) is 44.0 Å². The van der Waals surface area contributed by atoms with E-state index in [1.807, 2.05) is 27.7 Å². The first-order chi connectivity index (χ1) is 10.6. The second-order valence-corrected chi connectivity index (χ2v) is 7.55. The average Bonchev–Trinajstić information content (AvgIpc) is 2.78. The molecule has 2 heterocycles. The summed E-state index contributed by atoms with van der Waals surface area (Å²) < 4.78 is 5.52. The van der Waals surface area contributed by atoms with E-state index in [1.54, 1.807) is 30.2 Å². The molecule has 0 aromatic carbocycles. The molecule has 0 saturated carbocycles. The van der Waals surface area contributed by atoms with E-state index in [0.717, 1.165) is 12.8 Å². The number of carbonyl (C=O) groups is 1. The summed E-state index contributed by atoms with van der Waals surface area (Å²) >= 11 is 0. The third-order valence-corrected chi connectivity index (χ3v) is 4.15. The number of nitrogens with zero attached hydrogens (tertiary/aromatic N) is 3. The highest BCUT2D eigenvalue weighted by atomic mass is 16.6. The normalized spacial score (nSPS) is 24.3. The molecule has 1 aromatic heterocycles. The minimum absolute atomic E-state index is 0.0724. The summed E-state index contributed by atoms with van der Waals surface area (Å²) in [7, 11) is 0. The lowest BCUT2D eigenvalue weighted by Gasteiger charge is -2.34. The summed E-state index contributed by atoms with van der Waals surface area (Å²) in [6.07, 6.45) is 3.42. The first kappa shape index (κ1) is 17.7. The molecule has 6 heteroatoms. The summed E-state index contributed by atoms with van der Waals surface area (Å²) in [4.78, 5) is 14.3. The zero-order chi connectivity index (χ0) is 17.3. The van der Waals surface area contributed by atoms with Gasteiger partial charge in [0, 0.05) is 24.7 Å². The maximum absolute atomic E-state index is 12.5. The highest BCUT2D eigenvalue weighted by molar-refractivity contribution is 5.69. The van der Waals surface area contributed by atoms with E-state index >= 15 is 0 Å². The number of hydrogen-bond donors (Lipinski definition) is 1. The summed E-state index contributed by atoms with van der Waals surface area (Å²) in [5.74, 6) is 0. The van der Waals surface area contributed by atoms with Crippen molar-refractivity contribution in [2.24, 2.45) is 0 Å². The number of aromatic nitrogens is 2. The predicted octanol–water partition coefficient (Wildman–Crippen LogP) is 2.86. The van der Waals surface area contributed by atoms with E-state index in [2.05, 4.69) is 10.2 Å². The second-order valence-electron chi connectivity index (χ2n) is 7.55. The van der Waals surface area contributed by atoms with E-state index in [9.17, 15) is 9.90 Å². The Morgan fingerprint density at radius 3 is 2.65 bits per heavy atom. The van der Waals surface area contributed by atoms with Crippen LogP contribution in [-0.2, 0) is 10.3 Å². The van der Waals surface area contributed by atoms with Crippen molar-refractivity contribution < 1.29 is 14.6 Å². The lowest BCUT2D eigenvalue weighted by atomic mass is 9.92. The monoisotopic (exact) mass is 321 g/mol. The van der Waals surface area contributed by atoms with Crippen molar-refractivity contribution in [1.82, 2.24) is 15.1 Å². The Morgan fingerprint density at radius 1 is 1.39 bits per heavy atom. The topological polar surface area (TPSA) is 75.6 Å². The van der Waals surface area contributed by atoms with Crippen LogP contribution in [0.2, 0.25) is 0 Å². The molecule has 0 aliphatic carbocycles. The Hall–Kier alpha value is -1.69. The maximum Gasteiger partial charge on any atom is 0.410 e. The number of carbonyl (C=O) groups excluding carboxylic acids is 1. The van der Waals surface area contributed by atoms with E-state index in [-0.39, 0.29) is 18.2 Å². The molecule has 128 valence electrons. The molecule has 0 bridgehead atoms. The zero-order valence-corrected chi connectivity index (χ0v) is 14.6. The van der Waals surface area contributed by atoms with Crippen LogP contribution in [0.4, 0.5) is 4.79 Å². The smallest absolute Gasteiger partial charge is 0.410 e. The number of rotatable bonds is 3. The van der Waals surface area contributed by atoms with Gasteiger partial charge in [0.15, 0.2) is 0 Å². The van der Waals surface area contributed by atoms with Crippen molar-refractivity contribution in [2.45, 2.75) is 77.2 Å². The Morgan fingerprint density at radius 2 is 2.09 bits per heavy atom. The van der Waals surface area contributed by atoms with Gasteiger partial charge in [-0.15, -0.1) is 0 Å². The molecule has 3 atom stereocenters. The molecule has 1 fully saturated rings. The molecule has 1 amide bonds. The van der Waals surface area contributed by atoms with Gasteiger partial charge in [0.2, 0.25) is 0 Å². The molecular weight excluding hydrogens is 294 g/mol. The van der Waals surface area contributed by atoms with Gasteiger partial charge in [0.25, 0.3) is 0 Å². The zero-order valence-electron chi connectivity index (χ0n) is 14.6. The van der Waals surface area contributed by atoms with E-state index in [1.165, 1.54) is 0 Å². The van der Waals surface area contributed by atoms with Crippen LogP contribution in [0, 0.1) is 0 Å². The van der Waals surface area contributed by atoms with Gasteiger partial charge in [-0.3, -0.25) is 0 Å². The van der Waals surface area contributed by atoms with Crippen molar-refractivity contribution in [3.05, 3.63) is 24.0 Å². The molecule has 0 spiro atoms. The third kappa shape index (κ3) is 4.41. The highest BCUT2D eigenvalue weighted by Gasteiger charge is 2.41. The maximum atomic E-state index is 12.5. The van der Waals surface area contributed by atoms with E-state index < -0.39 is 11.2 Å². The first-order valence-corrected chi connectivity index (χ1v) is 8.12. The van der Waals surface area contributed by atoms with Crippen molar-refractivity contribution in [3.8, 4) is 0 Å². The molecule has 0 radical (unpaired) electrons. The highest BCUT2D eigenvalue weighted by Crippen LogP contribution is 2.34. The van der Waals surface area contributed by atoms with E-state index in [0.29, 0.717) is 12.1 Å². The summed E-state index contributed by atoms with van der Waals surface area (Å²) in [6, 6.07) is 3.53. The van der Waals surface area contributed by atoms with Crippen LogP contribution in [0.1, 0.15) is 59.6 Å². The van der Waals surface area contributed by atoms with Gasteiger partial charge < -0.3 is 14.7 Å². The molecule has 1 aliphatic rings. The minimum atomic E-state index is -1.14. The lowest BCUT2D eigenvalue weighted by molar-refractivity contribution is -0.00759. The predicted molar refractivity (Wildman–Crippen MR) is 86.8 cm³/mol. The van der Waals surface area contributed by atoms with Crippen LogP contribution in [0.25, 0.3) is 0 Å². The lowest BCUT2D eigenvalue weighted by Crippen LogP contribution is -2.45. The first-order valence-electron chi connectivity index (χ1n) is 8.12. The summed E-state index contributed by atoms with van der Waals surface area (Å²) in [6.45, 7) is 9.30. The van der Waals surface area contributed by atoms with Gasteiger partial charge in [-0.2, -0.15) is 10.2 Å². The molecule has 1 N–H and O–H groups in total. The van der Waals surface area contributed by atoms with Gasteiger partial charge in [-0.25, -0.2) is 4.79 Å². The number of amides is 1. The Balaban J connectivity index is 2.13. The summed E-state index contributed by atoms with van der Waals surface area (Å²) in [5.41, 5.74) is -1.15.